The molecule has 0 aliphatic carbocycles. The molecule has 0 saturated carbocycles. The molecule has 0 atom stereocenters. The van der Waals surface area contributed by atoms with Gasteiger partial charge in [0.05, 0.1) is 11.1 Å². The fourth-order valence-corrected chi connectivity index (χ4v) is 1.59. The number of nitrogens with two attached hydrogens (primary N) is 2. The van der Waals surface area contributed by atoms with Crippen molar-refractivity contribution in [1.29, 1.82) is 0 Å². The standard InChI is InChI=1S/C13H13N3/c1-9-4-2-6-11(12(9)14)13(15)10-5-3-7-16-8-10/h2-8,15H,14H2,1H3/p+1. The van der Waals surface area contributed by atoms with Crippen molar-refractivity contribution in [2.45, 2.75) is 6.92 Å². The second kappa shape index (κ2) is 4.14. The Balaban J connectivity index is 2.46. The summed E-state index contributed by atoms with van der Waals surface area (Å²) in [5.41, 5.74) is 10.2. The van der Waals surface area contributed by atoms with Gasteiger partial charge >= 0.3 is 0 Å². The first-order valence-corrected chi connectivity index (χ1v) is 5.08. The average Bonchev–Trinajstić information content (AvgIpc) is 2.33. The zero-order chi connectivity index (χ0) is 11.5. The Labute approximate surface area is 94.5 Å². The lowest BCUT2D eigenvalue weighted by molar-refractivity contribution is -0.111. The third kappa shape index (κ3) is 1.80. The normalized spacial score (nSPS) is 10.1. The molecule has 3 nitrogen and oxygen atoms in total. The minimum absolute atomic E-state index is 0.661. The first-order valence-electron chi connectivity index (χ1n) is 5.08. The molecule has 0 fully saturated rings. The van der Waals surface area contributed by atoms with Gasteiger partial charge in [-0.15, -0.1) is 0 Å². The van der Waals surface area contributed by atoms with Crippen LogP contribution in [0.15, 0.2) is 42.7 Å². The largest absolute Gasteiger partial charge is 0.398 e. The van der Waals surface area contributed by atoms with Crippen LogP contribution in [0.1, 0.15) is 16.7 Å². The van der Waals surface area contributed by atoms with Crippen LogP contribution in [0, 0.1) is 6.92 Å². The molecular weight excluding hydrogens is 198 g/mol. The lowest BCUT2D eigenvalue weighted by Gasteiger charge is -2.05. The highest BCUT2D eigenvalue weighted by molar-refractivity contribution is 6.12. The number of nitrogens with zero attached hydrogens (tertiary/aromatic N) is 1. The van der Waals surface area contributed by atoms with Gasteiger partial charge in [0.2, 0.25) is 5.71 Å². The molecule has 0 radical (unpaired) electrons. The summed E-state index contributed by atoms with van der Waals surface area (Å²) in [6.45, 7) is 1.97. The molecule has 4 N–H and O–H groups in total. The molecule has 0 aliphatic rings. The number of para-hydroxylation sites is 1. The topological polar surface area (TPSA) is 64.5 Å². The predicted octanol–water partition coefficient (Wildman–Crippen LogP) is 0.569. The molecule has 0 amide bonds. The molecule has 0 unspecified atom stereocenters. The van der Waals surface area contributed by atoms with Gasteiger partial charge in [-0.05, 0) is 30.7 Å². The monoisotopic (exact) mass is 212 g/mol. The van der Waals surface area contributed by atoms with E-state index < -0.39 is 0 Å². The summed E-state index contributed by atoms with van der Waals surface area (Å²) in [7, 11) is 0. The van der Waals surface area contributed by atoms with E-state index in [2.05, 4.69) is 4.98 Å². The summed E-state index contributed by atoms with van der Waals surface area (Å²) in [5, 5.41) is 6.08. The highest BCUT2D eigenvalue weighted by Gasteiger charge is 2.14. The Morgan fingerprint density at radius 2 is 2.06 bits per heavy atom. The number of aryl methyl sites for hydroxylation is 1. The van der Waals surface area contributed by atoms with Crippen molar-refractivity contribution in [3.63, 3.8) is 0 Å². The fraction of sp³-hybridized carbons (Fsp3) is 0.0769. The number of hydrogen-bond acceptors (Lipinski definition) is 2. The zero-order valence-electron chi connectivity index (χ0n) is 9.14. The van der Waals surface area contributed by atoms with Gasteiger partial charge in [-0.2, -0.15) is 0 Å². The van der Waals surface area contributed by atoms with E-state index in [4.69, 9.17) is 11.1 Å². The van der Waals surface area contributed by atoms with Crippen molar-refractivity contribution >= 4 is 11.4 Å². The zero-order valence-corrected chi connectivity index (χ0v) is 9.14. The van der Waals surface area contributed by atoms with Crippen LogP contribution in [-0.2, 0) is 0 Å². The van der Waals surface area contributed by atoms with Gasteiger partial charge in [0, 0.05) is 18.1 Å². The molecule has 3 heteroatoms. The Bertz CT molecular complexity index is 518. The number of nitrogen functional groups attached to an aromatic ring is 1. The molecular formula is C13H14N3+. The van der Waals surface area contributed by atoms with Crippen molar-refractivity contribution in [2.24, 2.45) is 0 Å². The molecule has 0 saturated heterocycles. The summed E-state index contributed by atoms with van der Waals surface area (Å²) in [5.74, 6) is 0. The molecule has 1 aromatic heterocycles. The Morgan fingerprint density at radius 3 is 2.75 bits per heavy atom. The SMILES string of the molecule is Cc1cccc(C(=[NH2+])c2cccnc2)c1N. The number of aromatic nitrogens is 1. The quantitative estimate of drug-likeness (QED) is 0.564. The maximum atomic E-state index is 6.08. The van der Waals surface area contributed by atoms with Crippen molar-refractivity contribution in [3.05, 3.63) is 59.4 Å². The maximum Gasteiger partial charge on any atom is 0.214 e. The maximum absolute atomic E-state index is 6.08. The van der Waals surface area contributed by atoms with Gasteiger partial charge < -0.3 is 5.73 Å². The Morgan fingerprint density at radius 1 is 1.25 bits per heavy atom. The van der Waals surface area contributed by atoms with Crippen LogP contribution in [-0.4, -0.2) is 10.7 Å². The fourth-order valence-electron chi connectivity index (χ4n) is 1.59. The van der Waals surface area contributed by atoms with E-state index >= 15 is 0 Å². The lowest BCUT2D eigenvalue weighted by Crippen LogP contribution is -2.41. The second-order valence-corrected chi connectivity index (χ2v) is 3.69. The number of hydrogen-bond donors (Lipinski definition) is 2. The van der Waals surface area contributed by atoms with Crippen molar-refractivity contribution in [1.82, 2.24) is 4.98 Å². The number of anilines is 1. The Kier molecular flexibility index (Phi) is 2.68. The highest BCUT2D eigenvalue weighted by atomic mass is 14.6. The van der Waals surface area contributed by atoms with Crippen LogP contribution < -0.4 is 11.1 Å². The summed E-state index contributed by atoms with van der Waals surface area (Å²) in [6.07, 6.45) is 3.45. The van der Waals surface area contributed by atoms with Crippen LogP contribution in [0.3, 0.4) is 0 Å². The van der Waals surface area contributed by atoms with E-state index in [1.54, 1.807) is 12.4 Å². The molecule has 80 valence electrons. The number of rotatable bonds is 2. The lowest BCUT2D eigenvalue weighted by atomic mass is 10.00. The van der Waals surface area contributed by atoms with Crippen molar-refractivity contribution < 1.29 is 5.41 Å². The van der Waals surface area contributed by atoms with Gasteiger partial charge in [-0.25, -0.2) is 0 Å². The third-order valence-corrected chi connectivity index (χ3v) is 2.59. The predicted molar refractivity (Wildman–Crippen MR) is 65.0 cm³/mol. The molecule has 1 aromatic carbocycles. The molecule has 0 aliphatic heterocycles. The van der Waals surface area contributed by atoms with E-state index in [1.807, 2.05) is 37.3 Å². The molecule has 2 rings (SSSR count). The molecule has 0 bridgehead atoms. The average molecular weight is 212 g/mol. The minimum atomic E-state index is 0.661. The van der Waals surface area contributed by atoms with Crippen LogP contribution in [0.25, 0.3) is 0 Å². The highest BCUT2D eigenvalue weighted by Crippen LogP contribution is 2.18. The summed E-state index contributed by atoms with van der Waals surface area (Å²) >= 11 is 0. The third-order valence-electron chi connectivity index (χ3n) is 2.59. The van der Waals surface area contributed by atoms with Crippen molar-refractivity contribution in [2.75, 3.05) is 5.73 Å². The Hall–Kier alpha value is -2.16. The van der Waals surface area contributed by atoms with Gasteiger partial charge in [-0.1, -0.05) is 12.1 Å². The summed E-state index contributed by atoms with van der Waals surface area (Å²) in [6, 6.07) is 9.61. The van der Waals surface area contributed by atoms with Gasteiger partial charge in [0.25, 0.3) is 0 Å². The minimum Gasteiger partial charge on any atom is -0.398 e. The first kappa shape index (κ1) is 10.4. The molecule has 16 heavy (non-hydrogen) atoms. The van der Waals surface area contributed by atoms with E-state index in [1.165, 1.54) is 0 Å². The van der Waals surface area contributed by atoms with E-state index in [9.17, 15) is 0 Å². The first-order chi connectivity index (χ1) is 7.70. The van der Waals surface area contributed by atoms with Crippen LogP contribution >= 0.6 is 0 Å². The molecule has 0 spiro atoms. The summed E-state index contributed by atoms with van der Waals surface area (Å²) in [4.78, 5) is 4.04. The van der Waals surface area contributed by atoms with E-state index in [-0.39, 0.29) is 0 Å². The molecule has 2 aromatic rings. The van der Waals surface area contributed by atoms with Crippen LogP contribution in [0.5, 0.6) is 0 Å². The van der Waals surface area contributed by atoms with Gasteiger partial charge in [-0.3, -0.25) is 10.4 Å². The second-order valence-electron chi connectivity index (χ2n) is 3.69. The smallest absolute Gasteiger partial charge is 0.214 e. The van der Waals surface area contributed by atoms with Gasteiger partial charge in [0.1, 0.15) is 0 Å². The van der Waals surface area contributed by atoms with E-state index in [0.717, 1.165) is 22.4 Å². The van der Waals surface area contributed by atoms with Gasteiger partial charge in [0.15, 0.2) is 0 Å². The molecule has 1 heterocycles. The van der Waals surface area contributed by atoms with Crippen molar-refractivity contribution in [3.8, 4) is 0 Å². The van der Waals surface area contributed by atoms with Crippen LogP contribution in [0.4, 0.5) is 5.69 Å². The van der Waals surface area contributed by atoms with E-state index in [0.29, 0.717) is 5.71 Å². The summed E-state index contributed by atoms with van der Waals surface area (Å²) < 4.78 is 0. The number of benzene rings is 1. The van der Waals surface area contributed by atoms with Crippen LogP contribution in [0.2, 0.25) is 0 Å². The number of pyridine rings is 1.